The lowest BCUT2D eigenvalue weighted by atomic mass is 9.79. The molecule has 2 aliphatic rings. The van der Waals surface area contributed by atoms with Gasteiger partial charge in [-0.05, 0) is 51.1 Å². The van der Waals surface area contributed by atoms with Crippen LogP contribution in [0.15, 0.2) is 0 Å². The average Bonchev–Trinajstić information content (AvgIpc) is 2.93. The maximum atomic E-state index is 13.1. The molecule has 2 rings (SSSR count). The number of carbonyl (C=O) groups is 1. The van der Waals surface area contributed by atoms with Crippen LogP contribution in [0.4, 0.5) is 0 Å². The van der Waals surface area contributed by atoms with Crippen LogP contribution in [0.5, 0.6) is 0 Å². The van der Waals surface area contributed by atoms with E-state index in [1.54, 1.807) is 0 Å². The van der Waals surface area contributed by atoms with Gasteiger partial charge in [-0.15, -0.1) is 0 Å². The van der Waals surface area contributed by atoms with Crippen molar-refractivity contribution in [1.29, 1.82) is 0 Å². The highest BCUT2D eigenvalue weighted by Crippen LogP contribution is 2.34. The molecule has 0 atom stereocenters. The first-order chi connectivity index (χ1) is 9.53. The van der Waals surface area contributed by atoms with Crippen molar-refractivity contribution in [1.82, 2.24) is 10.2 Å². The highest BCUT2D eigenvalue weighted by molar-refractivity contribution is 5.82. The molecule has 1 amide bonds. The molecule has 1 heterocycles. The fourth-order valence-electron chi connectivity index (χ4n) is 3.60. The Morgan fingerprint density at radius 3 is 2.40 bits per heavy atom. The third-order valence-corrected chi connectivity index (χ3v) is 5.20. The Balaban J connectivity index is 2.05. The summed E-state index contributed by atoms with van der Waals surface area (Å²) < 4.78 is 0. The number of hydrogen-bond donors (Lipinski definition) is 1. The van der Waals surface area contributed by atoms with Crippen molar-refractivity contribution in [2.24, 2.45) is 11.3 Å². The molecule has 0 unspecified atom stereocenters. The van der Waals surface area contributed by atoms with Gasteiger partial charge < -0.3 is 10.2 Å². The minimum absolute atomic E-state index is 0.120. The third kappa shape index (κ3) is 3.75. The van der Waals surface area contributed by atoms with Crippen LogP contribution in [0.3, 0.4) is 0 Å². The van der Waals surface area contributed by atoms with E-state index in [0.29, 0.717) is 17.9 Å². The van der Waals surface area contributed by atoms with E-state index in [2.05, 4.69) is 31.0 Å². The number of rotatable bonds is 5. The monoisotopic (exact) mass is 280 g/mol. The molecule has 1 N–H and O–H groups in total. The summed E-state index contributed by atoms with van der Waals surface area (Å²) in [5.41, 5.74) is -0.120. The quantitative estimate of drug-likeness (QED) is 0.839. The lowest BCUT2D eigenvalue weighted by Crippen LogP contribution is -2.51. The molecule has 0 aromatic carbocycles. The molecule has 0 aromatic heterocycles. The molecule has 2 fully saturated rings. The Morgan fingerprint density at radius 2 is 1.85 bits per heavy atom. The molecule has 1 aliphatic heterocycles. The van der Waals surface area contributed by atoms with Gasteiger partial charge in [0.15, 0.2) is 0 Å². The Morgan fingerprint density at radius 1 is 1.25 bits per heavy atom. The SMILES string of the molecule is CC(C)CCN(C(=O)C1(C)CCNCC1)C1CCCC1. The van der Waals surface area contributed by atoms with E-state index in [1.165, 1.54) is 25.7 Å². The molecule has 20 heavy (non-hydrogen) atoms. The molecule has 0 radical (unpaired) electrons. The van der Waals surface area contributed by atoms with E-state index < -0.39 is 0 Å². The van der Waals surface area contributed by atoms with Gasteiger partial charge in [-0.2, -0.15) is 0 Å². The van der Waals surface area contributed by atoms with Gasteiger partial charge in [0, 0.05) is 18.0 Å². The van der Waals surface area contributed by atoms with Crippen LogP contribution < -0.4 is 5.32 Å². The zero-order valence-corrected chi connectivity index (χ0v) is 13.6. The van der Waals surface area contributed by atoms with Crippen molar-refractivity contribution in [3.8, 4) is 0 Å². The van der Waals surface area contributed by atoms with Crippen LogP contribution in [0, 0.1) is 11.3 Å². The maximum absolute atomic E-state index is 13.1. The molecular formula is C17H32N2O. The van der Waals surface area contributed by atoms with Crippen molar-refractivity contribution in [3.05, 3.63) is 0 Å². The standard InChI is InChI=1S/C17H32N2O/c1-14(2)8-13-19(15-6-4-5-7-15)16(20)17(3)9-11-18-12-10-17/h14-15,18H,4-13H2,1-3H3. The minimum Gasteiger partial charge on any atom is -0.339 e. The van der Waals surface area contributed by atoms with Gasteiger partial charge in [0.25, 0.3) is 0 Å². The predicted molar refractivity (Wildman–Crippen MR) is 83.6 cm³/mol. The van der Waals surface area contributed by atoms with Gasteiger partial charge in [-0.1, -0.05) is 33.6 Å². The van der Waals surface area contributed by atoms with E-state index in [-0.39, 0.29) is 5.41 Å². The van der Waals surface area contributed by atoms with Crippen LogP contribution in [0.1, 0.15) is 65.7 Å². The zero-order chi connectivity index (χ0) is 14.6. The molecule has 116 valence electrons. The Labute approximate surface area is 124 Å². The van der Waals surface area contributed by atoms with Crippen molar-refractivity contribution in [3.63, 3.8) is 0 Å². The highest BCUT2D eigenvalue weighted by Gasteiger charge is 2.40. The van der Waals surface area contributed by atoms with Gasteiger partial charge in [-0.25, -0.2) is 0 Å². The van der Waals surface area contributed by atoms with Crippen LogP contribution in [0.25, 0.3) is 0 Å². The molecule has 1 saturated carbocycles. The Kier molecular flexibility index (Phi) is 5.48. The second-order valence-corrected chi connectivity index (χ2v) is 7.43. The van der Waals surface area contributed by atoms with Crippen molar-refractivity contribution in [2.75, 3.05) is 19.6 Å². The minimum atomic E-state index is -0.120. The molecule has 3 nitrogen and oxygen atoms in total. The van der Waals surface area contributed by atoms with Crippen molar-refractivity contribution >= 4 is 5.91 Å². The summed E-state index contributed by atoms with van der Waals surface area (Å²) in [5.74, 6) is 1.11. The van der Waals surface area contributed by atoms with E-state index in [0.717, 1.165) is 38.9 Å². The summed E-state index contributed by atoms with van der Waals surface area (Å²) in [6, 6.07) is 0.521. The van der Waals surface area contributed by atoms with E-state index >= 15 is 0 Å². The second kappa shape index (κ2) is 6.93. The Hall–Kier alpha value is -0.570. The van der Waals surface area contributed by atoms with Crippen LogP contribution in [-0.2, 0) is 4.79 Å². The number of amides is 1. The van der Waals surface area contributed by atoms with E-state index in [4.69, 9.17) is 0 Å². The second-order valence-electron chi connectivity index (χ2n) is 7.43. The largest absolute Gasteiger partial charge is 0.339 e. The number of nitrogens with zero attached hydrogens (tertiary/aromatic N) is 1. The van der Waals surface area contributed by atoms with Crippen LogP contribution in [0.2, 0.25) is 0 Å². The van der Waals surface area contributed by atoms with Crippen LogP contribution >= 0.6 is 0 Å². The first-order valence-electron chi connectivity index (χ1n) is 8.55. The van der Waals surface area contributed by atoms with E-state index in [9.17, 15) is 4.79 Å². The lowest BCUT2D eigenvalue weighted by molar-refractivity contribution is -0.145. The molecule has 1 aliphatic carbocycles. The lowest BCUT2D eigenvalue weighted by Gasteiger charge is -2.40. The van der Waals surface area contributed by atoms with Crippen molar-refractivity contribution < 1.29 is 4.79 Å². The summed E-state index contributed by atoms with van der Waals surface area (Å²) in [4.78, 5) is 15.4. The number of hydrogen-bond acceptors (Lipinski definition) is 2. The van der Waals surface area contributed by atoms with Crippen molar-refractivity contribution in [2.45, 2.75) is 71.8 Å². The molecule has 1 saturated heterocycles. The van der Waals surface area contributed by atoms with Gasteiger partial charge in [0.05, 0.1) is 0 Å². The van der Waals surface area contributed by atoms with E-state index in [1.807, 2.05) is 0 Å². The number of carbonyl (C=O) groups excluding carboxylic acids is 1. The fourth-order valence-corrected chi connectivity index (χ4v) is 3.60. The van der Waals surface area contributed by atoms with Gasteiger partial charge in [0.1, 0.15) is 0 Å². The summed E-state index contributed by atoms with van der Waals surface area (Å²) >= 11 is 0. The first-order valence-corrected chi connectivity index (χ1v) is 8.55. The Bertz CT molecular complexity index is 315. The molecule has 3 heteroatoms. The smallest absolute Gasteiger partial charge is 0.228 e. The van der Waals surface area contributed by atoms with Gasteiger partial charge >= 0.3 is 0 Å². The summed E-state index contributed by atoms with van der Waals surface area (Å²) in [5, 5.41) is 3.38. The van der Waals surface area contributed by atoms with Gasteiger partial charge in [-0.3, -0.25) is 4.79 Å². The number of piperidine rings is 1. The molecule has 0 aromatic rings. The predicted octanol–water partition coefficient (Wildman–Crippen LogP) is 3.19. The average molecular weight is 280 g/mol. The maximum Gasteiger partial charge on any atom is 0.228 e. The zero-order valence-electron chi connectivity index (χ0n) is 13.6. The van der Waals surface area contributed by atoms with Gasteiger partial charge in [0.2, 0.25) is 5.91 Å². The molecule has 0 spiro atoms. The fraction of sp³-hybridized carbons (Fsp3) is 0.941. The summed E-state index contributed by atoms with van der Waals surface area (Å²) in [6.45, 7) is 9.64. The highest BCUT2D eigenvalue weighted by atomic mass is 16.2. The molecular weight excluding hydrogens is 248 g/mol. The topological polar surface area (TPSA) is 32.3 Å². The summed E-state index contributed by atoms with van der Waals surface area (Å²) in [7, 11) is 0. The normalized spacial score (nSPS) is 23.2. The molecule has 0 bridgehead atoms. The first kappa shape index (κ1) is 15.8. The summed E-state index contributed by atoms with van der Waals surface area (Å²) in [6.07, 6.45) is 8.17. The third-order valence-electron chi connectivity index (χ3n) is 5.20. The van der Waals surface area contributed by atoms with Crippen LogP contribution in [-0.4, -0.2) is 36.5 Å². The number of nitrogens with one attached hydrogen (secondary N) is 1.